The number of benzene rings is 1. The lowest BCUT2D eigenvalue weighted by atomic mass is 10.1. The predicted octanol–water partition coefficient (Wildman–Crippen LogP) is 2.44. The van der Waals surface area contributed by atoms with Gasteiger partial charge in [-0.1, -0.05) is 19.1 Å². The first-order valence-electron chi connectivity index (χ1n) is 5.34. The maximum absolute atomic E-state index is 11.3. The first kappa shape index (κ1) is 13.0. The summed E-state index contributed by atoms with van der Waals surface area (Å²) in [6.45, 7) is 3.66. The van der Waals surface area contributed by atoms with E-state index in [9.17, 15) is 9.59 Å². The van der Waals surface area contributed by atoms with Gasteiger partial charge in [0.25, 0.3) is 0 Å². The summed E-state index contributed by atoms with van der Waals surface area (Å²) in [5.41, 5.74) is 2.40. The summed E-state index contributed by atoms with van der Waals surface area (Å²) in [5.74, 6) is -1.06. The van der Waals surface area contributed by atoms with Crippen LogP contribution in [0.1, 0.15) is 24.5 Å². The number of carbonyl (C=O) groups excluding carboxylic acids is 1. The molecule has 1 rings (SSSR count). The molecule has 0 aliphatic rings. The molecule has 90 valence electrons. The number of carboxylic acids is 1. The van der Waals surface area contributed by atoms with Gasteiger partial charge in [0.2, 0.25) is 5.91 Å². The lowest BCUT2D eigenvalue weighted by molar-refractivity contribution is -0.131. The number of anilines is 1. The Balaban J connectivity index is 2.94. The zero-order valence-corrected chi connectivity index (χ0v) is 9.86. The van der Waals surface area contributed by atoms with Crippen LogP contribution in [0.25, 0.3) is 6.08 Å². The maximum Gasteiger partial charge on any atom is 0.328 e. The zero-order chi connectivity index (χ0) is 12.8. The summed E-state index contributed by atoms with van der Waals surface area (Å²) in [4.78, 5) is 21.7. The fourth-order valence-corrected chi connectivity index (χ4v) is 1.28. The number of aliphatic carboxylic acids is 1. The summed E-state index contributed by atoms with van der Waals surface area (Å²) in [6.07, 6.45) is 2.97. The molecule has 2 N–H and O–H groups in total. The fraction of sp³-hybridized carbons (Fsp3) is 0.231. The van der Waals surface area contributed by atoms with Gasteiger partial charge in [0.1, 0.15) is 0 Å². The van der Waals surface area contributed by atoms with Crippen LogP contribution in [0.5, 0.6) is 0 Å². The van der Waals surface area contributed by atoms with Crippen LogP contribution in [0.15, 0.2) is 24.3 Å². The Morgan fingerprint density at radius 2 is 2.12 bits per heavy atom. The van der Waals surface area contributed by atoms with E-state index in [2.05, 4.69) is 5.32 Å². The molecule has 0 spiro atoms. The van der Waals surface area contributed by atoms with Crippen molar-refractivity contribution in [1.82, 2.24) is 0 Å². The van der Waals surface area contributed by atoms with E-state index >= 15 is 0 Å². The second-order valence-electron chi connectivity index (χ2n) is 3.65. The molecule has 0 heterocycles. The smallest absolute Gasteiger partial charge is 0.328 e. The number of rotatable bonds is 4. The molecular formula is C13H15NO3. The van der Waals surface area contributed by atoms with E-state index in [1.54, 1.807) is 19.1 Å². The quantitative estimate of drug-likeness (QED) is 0.785. The topological polar surface area (TPSA) is 66.4 Å². The molecule has 4 heteroatoms. The van der Waals surface area contributed by atoms with Crippen LogP contribution in [0.2, 0.25) is 0 Å². The normalized spacial score (nSPS) is 10.5. The summed E-state index contributed by atoms with van der Waals surface area (Å²) >= 11 is 0. The van der Waals surface area contributed by atoms with Crippen molar-refractivity contribution in [3.05, 3.63) is 35.4 Å². The summed E-state index contributed by atoms with van der Waals surface area (Å²) in [7, 11) is 0. The molecule has 0 radical (unpaired) electrons. The first-order valence-corrected chi connectivity index (χ1v) is 5.34. The molecule has 0 atom stereocenters. The van der Waals surface area contributed by atoms with Crippen LogP contribution in [0, 0.1) is 6.92 Å². The molecule has 4 nitrogen and oxygen atoms in total. The monoisotopic (exact) mass is 233 g/mol. The molecule has 0 fully saturated rings. The molecule has 1 aromatic rings. The van der Waals surface area contributed by atoms with Crippen LogP contribution in [-0.2, 0) is 9.59 Å². The van der Waals surface area contributed by atoms with Gasteiger partial charge in [-0.3, -0.25) is 4.79 Å². The number of carboxylic acid groups (broad SMARTS) is 1. The SMILES string of the molecule is CCC(=O)Nc1cc(C=CC(=O)O)ccc1C. The summed E-state index contributed by atoms with van der Waals surface area (Å²) in [6, 6.07) is 5.39. The second-order valence-corrected chi connectivity index (χ2v) is 3.65. The van der Waals surface area contributed by atoms with E-state index in [-0.39, 0.29) is 5.91 Å². The van der Waals surface area contributed by atoms with Gasteiger partial charge in [0, 0.05) is 18.2 Å². The average Bonchev–Trinajstić information content (AvgIpc) is 2.29. The van der Waals surface area contributed by atoms with Crippen LogP contribution in [-0.4, -0.2) is 17.0 Å². The highest BCUT2D eigenvalue weighted by atomic mass is 16.4. The Bertz CT molecular complexity index is 464. The average molecular weight is 233 g/mol. The standard InChI is InChI=1S/C13H15NO3/c1-3-12(15)14-11-8-10(5-4-9(11)2)6-7-13(16)17/h4-8H,3H2,1-2H3,(H,14,15)(H,16,17). The Labute approximate surface area is 100.0 Å². The number of hydrogen-bond acceptors (Lipinski definition) is 2. The van der Waals surface area contributed by atoms with E-state index in [1.807, 2.05) is 13.0 Å². The van der Waals surface area contributed by atoms with Crippen molar-refractivity contribution < 1.29 is 14.7 Å². The van der Waals surface area contributed by atoms with Crippen molar-refractivity contribution in [2.45, 2.75) is 20.3 Å². The minimum Gasteiger partial charge on any atom is -0.478 e. The number of aryl methyl sites for hydroxylation is 1. The number of hydrogen-bond donors (Lipinski definition) is 2. The van der Waals surface area contributed by atoms with Crippen molar-refractivity contribution in [1.29, 1.82) is 0 Å². The fourth-order valence-electron chi connectivity index (χ4n) is 1.28. The Kier molecular flexibility index (Phi) is 4.46. The molecule has 0 unspecified atom stereocenters. The zero-order valence-electron chi connectivity index (χ0n) is 9.86. The molecule has 17 heavy (non-hydrogen) atoms. The molecule has 0 aromatic heterocycles. The van der Waals surface area contributed by atoms with Crippen LogP contribution in [0.4, 0.5) is 5.69 Å². The molecule has 0 saturated carbocycles. The largest absolute Gasteiger partial charge is 0.478 e. The number of nitrogens with one attached hydrogen (secondary N) is 1. The van der Waals surface area contributed by atoms with E-state index in [0.717, 1.165) is 17.2 Å². The molecule has 0 aliphatic carbocycles. The van der Waals surface area contributed by atoms with E-state index < -0.39 is 5.97 Å². The second kappa shape index (κ2) is 5.84. The number of carbonyl (C=O) groups is 2. The first-order chi connectivity index (χ1) is 8.02. The maximum atomic E-state index is 11.3. The third kappa shape index (κ3) is 4.10. The van der Waals surface area contributed by atoms with Crippen molar-refractivity contribution in [3.63, 3.8) is 0 Å². The number of amides is 1. The molecule has 1 aromatic carbocycles. The van der Waals surface area contributed by atoms with Crippen LogP contribution < -0.4 is 5.32 Å². The highest BCUT2D eigenvalue weighted by Gasteiger charge is 2.02. The molecule has 0 bridgehead atoms. The lowest BCUT2D eigenvalue weighted by Crippen LogP contribution is -2.10. The van der Waals surface area contributed by atoms with E-state index in [4.69, 9.17) is 5.11 Å². The van der Waals surface area contributed by atoms with Crippen molar-refractivity contribution in [2.24, 2.45) is 0 Å². The van der Waals surface area contributed by atoms with E-state index in [0.29, 0.717) is 12.1 Å². The Morgan fingerprint density at radius 1 is 1.41 bits per heavy atom. The van der Waals surface area contributed by atoms with Crippen LogP contribution in [0.3, 0.4) is 0 Å². The van der Waals surface area contributed by atoms with Gasteiger partial charge in [-0.25, -0.2) is 4.79 Å². The lowest BCUT2D eigenvalue weighted by Gasteiger charge is -2.08. The summed E-state index contributed by atoms with van der Waals surface area (Å²) < 4.78 is 0. The van der Waals surface area contributed by atoms with Gasteiger partial charge in [0.15, 0.2) is 0 Å². The minimum absolute atomic E-state index is 0.0625. The van der Waals surface area contributed by atoms with Gasteiger partial charge in [-0.15, -0.1) is 0 Å². The molecule has 1 amide bonds. The van der Waals surface area contributed by atoms with E-state index in [1.165, 1.54) is 6.08 Å². The highest BCUT2D eigenvalue weighted by Crippen LogP contribution is 2.18. The van der Waals surface area contributed by atoms with Crippen LogP contribution >= 0.6 is 0 Å². The Morgan fingerprint density at radius 3 is 2.71 bits per heavy atom. The molecule has 0 saturated heterocycles. The van der Waals surface area contributed by atoms with Gasteiger partial charge in [0.05, 0.1) is 0 Å². The summed E-state index contributed by atoms with van der Waals surface area (Å²) in [5, 5.41) is 11.3. The van der Waals surface area contributed by atoms with Gasteiger partial charge in [-0.05, 0) is 30.2 Å². The predicted molar refractivity (Wildman–Crippen MR) is 66.8 cm³/mol. The van der Waals surface area contributed by atoms with Crippen molar-refractivity contribution >= 4 is 23.6 Å². The van der Waals surface area contributed by atoms with Gasteiger partial charge >= 0.3 is 5.97 Å². The minimum atomic E-state index is -0.996. The van der Waals surface area contributed by atoms with Crippen molar-refractivity contribution in [2.75, 3.05) is 5.32 Å². The van der Waals surface area contributed by atoms with Crippen molar-refractivity contribution in [3.8, 4) is 0 Å². The highest BCUT2D eigenvalue weighted by molar-refractivity contribution is 5.92. The molecule has 0 aliphatic heterocycles. The van der Waals surface area contributed by atoms with Gasteiger partial charge < -0.3 is 10.4 Å². The third-order valence-electron chi connectivity index (χ3n) is 2.28. The third-order valence-corrected chi connectivity index (χ3v) is 2.28. The Hall–Kier alpha value is -2.10. The molecular weight excluding hydrogens is 218 g/mol. The van der Waals surface area contributed by atoms with Gasteiger partial charge in [-0.2, -0.15) is 0 Å².